The average molecular weight is 321 g/mol. The van der Waals surface area contributed by atoms with Gasteiger partial charge in [-0.25, -0.2) is 15.0 Å². The van der Waals surface area contributed by atoms with Gasteiger partial charge < -0.3 is 5.32 Å². The molecule has 100 valence electrons. The van der Waals surface area contributed by atoms with E-state index in [1.807, 2.05) is 32.0 Å². The van der Waals surface area contributed by atoms with Gasteiger partial charge in [-0.1, -0.05) is 13.0 Å². The van der Waals surface area contributed by atoms with Gasteiger partial charge in [0.25, 0.3) is 0 Å². The fourth-order valence-corrected chi connectivity index (χ4v) is 2.39. The molecule has 0 atom stereocenters. The molecule has 0 radical (unpaired) electrons. The molecule has 0 aliphatic heterocycles. The summed E-state index contributed by atoms with van der Waals surface area (Å²) in [6, 6.07) is 5.88. The minimum Gasteiger partial charge on any atom is -0.369 e. The fraction of sp³-hybridized carbons (Fsp3) is 0.357. The SMILES string of the molecule is CCNc1nc(-c2cccc(C)n2)nc(CC)c1Br. The van der Waals surface area contributed by atoms with Crippen LogP contribution in [0.15, 0.2) is 22.7 Å². The number of pyridine rings is 1. The average Bonchev–Trinajstić information content (AvgIpc) is 2.41. The summed E-state index contributed by atoms with van der Waals surface area (Å²) in [5.41, 5.74) is 2.76. The van der Waals surface area contributed by atoms with Gasteiger partial charge in [-0.15, -0.1) is 0 Å². The van der Waals surface area contributed by atoms with Crippen molar-refractivity contribution in [2.75, 3.05) is 11.9 Å². The van der Waals surface area contributed by atoms with E-state index >= 15 is 0 Å². The van der Waals surface area contributed by atoms with Crippen molar-refractivity contribution in [3.05, 3.63) is 34.1 Å². The quantitative estimate of drug-likeness (QED) is 0.935. The van der Waals surface area contributed by atoms with Crippen molar-refractivity contribution in [2.24, 2.45) is 0 Å². The van der Waals surface area contributed by atoms with Crippen molar-refractivity contribution in [1.29, 1.82) is 0 Å². The summed E-state index contributed by atoms with van der Waals surface area (Å²) in [6.07, 6.45) is 0.848. The lowest BCUT2D eigenvalue weighted by molar-refractivity contribution is 0.975. The Kier molecular flexibility index (Phi) is 4.47. The highest BCUT2D eigenvalue weighted by molar-refractivity contribution is 9.10. The Morgan fingerprint density at radius 2 is 1.95 bits per heavy atom. The first-order chi connectivity index (χ1) is 9.15. The van der Waals surface area contributed by atoms with Crippen molar-refractivity contribution >= 4 is 21.7 Å². The van der Waals surface area contributed by atoms with Crippen molar-refractivity contribution < 1.29 is 0 Å². The predicted molar refractivity (Wildman–Crippen MR) is 81.2 cm³/mol. The number of rotatable bonds is 4. The van der Waals surface area contributed by atoms with Gasteiger partial charge in [-0.2, -0.15) is 0 Å². The topological polar surface area (TPSA) is 50.7 Å². The van der Waals surface area contributed by atoms with Gasteiger partial charge in [0.2, 0.25) is 0 Å². The van der Waals surface area contributed by atoms with E-state index in [1.54, 1.807) is 0 Å². The summed E-state index contributed by atoms with van der Waals surface area (Å²) < 4.78 is 0.938. The molecule has 0 unspecified atom stereocenters. The zero-order valence-corrected chi connectivity index (χ0v) is 13.0. The van der Waals surface area contributed by atoms with Crippen LogP contribution >= 0.6 is 15.9 Å². The molecule has 1 N–H and O–H groups in total. The van der Waals surface area contributed by atoms with E-state index in [9.17, 15) is 0 Å². The molecule has 0 saturated heterocycles. The first kappa shape index (κ1) is 13.9. The molecule has 0 fully saturated rings. The van der Waals surface area contributed by atoms with Crippen LogP contribution in [0.2, 0.25) is 0 Å². The number of hydrogen-bond acceptors (Lipinski definition) is 4. The van der Waals surface area contributed by atoms with E-state index in [1.165, 1.54) is 0 Å². The molecule has 2 aromatic rings. The third kappa shape index (κ3) is 3.10. The fourth-order valence-electron chi connectivity index (χ4n) is 1.79. The summed E-state index contributed by atoms with van der Waals surface area (Å²) in [4.78, 5) is 13.6. The highest BCUT2D eigenvalue weighted by atomic mass is 79.9. The lowest BCUT2D eigenvalue weighted by Gasteiger charge is -2.11. The third-order valence-electron chi connectivity index (χ3n) is 2.72. The molecule has 0 aromatic carbocycles. The molecule has 4 nitrogen and oxygen atoms in total. The highest BCUT2D eigenvalue weighted by Crippen LogP contribution is 2.26. The molecule has 0 amide bonds. The van der Waals surface area contributed by atoms with Gasteiger partial charge in [0.05, 0.1) is 10.2 Å². The van der Waals surface area contributed by atoms with Crippen LogP contribution in [-0.2, 0) is 6.42 Å². The maximum absolute atomic E-state index is 4.58. The van der Waals surface area contributed by atoms with Gasteiger partial charge in [0, 0.05) is 12.2 Å². The molecule has 0 spiro atoms. The van der Waals surface area contributed by atoms with Crippen molar-refractivity contribution in [2.45, 2.75) is 27.2 Å². The van der Waals surface area contributed by atoms with E-state index in [-0.39, 0.29) is 0 Å². The predicted octanol–water partition coefficient (Wildman–Crippen LogP) is 3.60. The van der Waals surface area contributed by atoms with E-state index in [0.717, 1.165) is 40.3 Å². The Bertz CT molecular complexity index is 584. The zero-order chi connectivity index (χ0) is 13.8. The van der Waals surface area contributed by atoms with Crippen LogP contribution in [0.25, 0.3) is 11.5 Å². The second-order valence-electron chi connectivity index (χ2n) is 4.20. The first-order valence-electron chi connectivity index (χ1n) is 6.40. The largest absolute Gasteiger partial charge is 0.369 e. The summed E-state index contributed by atoms with van der Waals surface area (Å²) in [5, 5.41) is 3.25. The lowest BCUT2D eigenvalue weighted by atomic mass is 10.2. The third-order valence-corrected chi connectivity index (χ3v) is 3.55. The number of anilines is 1. The van der Waals surface area contributed by atoms with Gasteiger partial charge in [-0.3, -0.25) is 0 Å². The number of nitrogens with zero attached hydrogens (tertiary/aromatic N) is 3. The minimum absolute atomic E-state index is 0.666. The second kappa shape index (κ2) is 6.10. The molecule has 2 rings (SSSR count). The molecule has 2 aromatic heterocycles. The highest BCUT2D eigenvalue weighted by Gasteiger charge is 2.12. The minimum atomic E-state index is 0.666. The van der Waals surface area contributed by atoms with Crippen LogP contribution in [0.1, 0.15) is 25.2 Å². The second-order valence-corrected chi connectivity index (χ2v) is 5.00. The van der Waals surface area contributed by atoms with Crippen LogP contribution in [0.5, 0.6) is 0 Å². The van der Waals surface area contributed by atoms with E-state index < -0.39 is 0 Å². The summed E-state index contributed by atoms with van der Waals surface area (Å²) in [7, 11) is 0. The Hall–Kier alpha value is -1.49. The molecular formula is C14H17BrN4. The summed E-state index contributed by atoms with van der Waals surface area (Å²) in [5.74, 6) is 1.49. The molecule has 0 aliphatic rings. The Labute approximate surface area is 121 Å². The molecular weight excluding hydrogens is 304 g/mol. The van der Waals surface area contributed by atoms with Gasteiger partial charge in [0.1, 0.15) is 11.5 Å². The Balaban J connectivity index is 2.54. The van der Waals surface area contributed by atoms with Crippen molar-refractivity contribution in [1.82, 2.24) is 15.0 Å². The normalized spacial score (nSPS) is 10.5. The zero-order valence-electron chi connectivity index (χ0n) is 11.4. The van der Waals surface area contributed by atoms with Gasteiger partial charge in [-0.05, 0) is 48.3 Å². The molecule has 0 bridgehead atoms. The van der Waals surface area contributed by atoms with E-state index in [0.29, 0.717) is 5.82 Å². The molecule has 0 saturated carbocycles. The van der Waals surface area contributed by atoms with E-state index in [2.05, 4.69) is 43.1 Å². The van der Waals surface area contributed by atoms with Gasteiger partial charge in [0.15, 0.2) is 5.82 Å². The van der Waals surface area contributed by atoms with Crippen LogP contribution < -0.4 is 5.32 Å². The Morgan fingerprint density at radius 3 is 2.58 bits per heavy atom. The van der Waals surface area contributed by atoms with Crippen LogP contribution in [0.4, 0.5) is 5.82 Å². The van der Waals surface area contributed by atoms with Crippen LogP contribution in [-0.4, -0.2) is 21.5 Å². The Morgan fingerprint density at radius 1 is 1.16 bits per heavy atom. The molecule has 2 heterocycles. The van der Waals surface area contributed by atoms with E-state index in [4.69, 9.17) is 0 Å². The van der Waals surface area contributed by atoms with Crippen LogP contribution in [0.3, 0.4) is 0 Å². The monoisotopic (exact) mass is 320 g/mol. The molecule has 5 heteroatoms. The summed E-state index contributed by atoms with van der Waals surface area (Å²) >= 11 is 3.56. The smallest absolute Gasteiger partial charge is 0.180 e. The number of hydrogen-bond donors (Lipinski definition) is 1. The van der Waals surface area contributed by atoms with Crippen LogP contribution in [0, 0.1) is 6.92 Å². The maximum atomic E-state index is 4.58. The van der Waals surface area contributed by atoms with Crippen molar-refractivity contribution in [3.63, 3.8) is 0 Å². The first-order valence-corrected chi connectivity index (χ1v) is 7.19. The standard InChI is InChI=1S/C14H17BrN4/c1-4-10-12(15)14(16-5-2)19-13(18-10)11-8-6-7-9(3)17-11/h6-8H,4-5H2,1-3H3,(H,16,18,19). The van der Waals surface area contributed by atoms with Gasteiger partial charge >= 0.3 is 0 Å². The number of aryl methyl sites for hydroxylation is 2. The number of halogens is 1. The number of nitrogens with one attached hydrogen (secondary N) is 1. The summed E-state index contributed by atoms with van der Waals surface area (Å²) in [6.45, 7) is 6.91. The maximum Gasteiger partial charge on any atom is 0.180 e. The molecule has 19 heavy (non-hydrogen) atoms. The van der Waals surface area contributed by atoms with Crippen molar-refractivity contribution in [3.8, 4) is 11.5 Å². The molecule has 0 aliphatic carbocycles. The lowest BCUT2D eigenvalue weighted by Crippen LogP contribution is -2.06. The number of aromatic nitrogens is 3.